The van der Waals surface area contributed by atoms with E-state index in [4.69, 9.17) is 0 Å². The largest absolute Gasteiger partial charge is 0.0616 e. The highest BCUT2D eigenvalue weighted by atomic mass is 31.0. The third-order valence-electron chi connectivity index (χ3n) is 4.41. The Kier molecular flexibility index (Phi) is 3.92. The first kappa shape index (κ1) is 15.1. The highest BCUT2D eigenvalue weighted by Crippen LogP contribution is 2.42. The average Bonchev–Trinajstić information content (AvgIpc) is 2.62. The van der Waals surface area contributed by atoms with E-state index in [9.17, 15) is 0 Å². The smallest absolute Gasteiger partial charge is 0.0175 e. The average molecular weight is 326 g/mol. The second-order valence-electron chi connectivity index (χ2n) is 6.31. The molecule has 0 aliphatic carbocycles. The van der Waals surface area contributed by atoms with Crippen molar-refractivity contribution in [3.63, 3.8) is 0 Å². The number of hydrogen-bond donors (Lipinski definition) is 0. The van der Waals surface area contributed by atoms with Crippen LogP contribution in [0.2, 0.25) is 0 Å². The molecule has 0 aliphatic heterocycles. The Bertz CT molecular complexity index is 996. The first-order chi connectivity index (χ1) is 11.7. The van der Waals surface area contributed by atoms with Crippen molar-refractivity contribution >= 4 is 19.0 Å². The lowest BCUT2D eigenvalue weighted by Gasteiger charge is -2.11. The van der Waals surface area contributed by atoms with Gasteiger partial charge >= 0.3 is 0 Å². The van der Waals surface area contributed by atoms with Gasteiger partial charge in [0, 0.05) is 10.6 Å². The highest BCUT2D eigenvalue weighted by molar-refractivity contribution is 7.38. The molecule has 1 aromatic heterocycles. The standard InChI is InChI=1S/C23H19P/c1-16-7-11-18(12-8-16)22-15-20-5-3-4-6-21(20)23(24-22)19-13-9-17(2)10-14-19/h3-15H,1-2H3. The van der Waals surface area contributed by atoms with Gasteiger partial charge in [-0.2, -0.15) is 0 Å². The van der Waals surface area contributed by atoms with E-state index >= 15 is 0 Å². The molecule has 0 saturated carbocycles. The Hall–Kier alpha value is -2.43. The summed E-state index contributed by atoms with van der Waals surface area (Å²) in [7, 11) is 1.27. The molecule has 0 spiro atoms. The third-order valence-corrected chi connectivity index (χ3v) is 5.76. The maximum Gasteiger partial charge on any atom is 0.0175 e. The fourth-order valence-corrected chi connectivity index (χ4v) is 4.33. The van der Waals surface area contributed by atoms with Crippen LogP contribution in [0.25, 0.3) is 32.5 Å². The Morgan fingerprint density at radius 1 is 0.625 bits per heavy atom. The second-order valence-corrected chi connectivity index (χ2v) is 7.46. The number of fused-ring (bicyclic) bond motifs is 1. The van der Waals surface area contributed by atoms with Crippen molar-refractivity contribution in [1.29, 1.82) is 0 Å². The van der Waals surface area contributed by atoms with Crippen LogP contribution < -0.4 is 0 Å². The lowest BCUT2D eigenvalue weighted by Crippen LogP contribution is -1.82. The molecule has 1 heteroatoms. The quantitative estimate of drug-likeness (QED) is 0.361. The maximum atomic E-state index is 2.33. The maximum absolute atomic E-state index is 2.33. The minimum atomic E-state index is 1.27. The molecule has 0 amide bonds. The molecule has 24 heavy (non-hydrogen) atoms. The van der Waals surface area contributed by atoms with Crippen molar-refractivity contribution in [3.8, 4) is 21.7 Å². The number of rotatable bonds is 2. The van der Waals surface area contributed by atoms with Gasteiger partial charge in [-0.1, -0.05) is 92.1 Å². The summed E-state index contributed by atoms with van der Waals surface area (Å²) in [4.78, 5) is 0. The Labute approximate surface area is 144 Å². The first-order valence-electron chi connectivity index (χ1n) is 8.24. The molecule has 0 saturated heterocycles. The lowest BCUT2D eigenvalue weighted by molar-refractivity contribution is 1.47. The summed E-state index contributed by atoms with van der Waals surface area (Å²) in [5.41, 5.74) is 5.22. The van der Waals surface area contributed by atoms with Gasteiger partial charge in [-0.3, -0.25) is 0 Å². The van der Waals surface area contributed by atoms with Gasteiger partial charge in [0.2, 0.25) is 0 Å². The van der Waals surface area contributed by atoms with Crippen LogP contribution in [0, 0.1) is 13.8 Å². The molecule has 1 heterocycles. The molecule has 0 unspecified atom stereocenters. The minimum Gasteiger partial charge on any atom is -0.0616 e. The molecule has 0 N–H and O–H groups in total. The first-order valence-corrected chi connectivity index (χ1v) is 9.14. The SMILES string of the molecule is Cc1ccc(-c2cc3ccccc3c(-c3ccc(C)cc3)p2)cc1. The van der Waals surface area contributed by atoms with Crippen LogP contribution >= 0.6 is 8.19 Å². The Morgan fingerprint density at radius 3 is 1.88 bits per heavy atom. The molecule has 0 aliphatic rings. The molecule has 4 aromatic rings. The van der Waals surface area contributed by atoms with Crippen molar-refractivity contribution in [1.82, 2.24) is 0 Å². The van der Waals surface area contributed by atoms with Crippen molar-refractivity contribution < 1.29 is 0 Å². The molecule has 0 radical (unpaired) electrons. The van der Waals surface area contributed by atoms with Gasteiger partial charge in [-0.25, -0.2) is 0 Å². The molecule has 3 aromatic carbocycles. The van der Waals surface area contributed by atoms with Crippen molar-refractivity contribution in [3.05, 3.63) is 90.0 Å². The Balaban J connectivity index is 1.97. The van der Waals surface area contributed by atoms with Gasteiger partial charge < -0.3 is 0 Å². The molecule has 116 valence electrons. The third kappa shape index (κ3) is 2.86. The monoisotopic (exact) mass is 326 g/mol. The van der Waals surface area contributed by atoms with E-state index in [1.807, 2.05) is 0 Å². The molecule has 0 fully saturated rings. The van der Waals surface area contributed by atoms with E-state index in [0.717, 1.165) is 0 Å². The topological polar surface area (TPSA) is 0 Å². The summed E-state index contributed by atoms with van der Waals surface area (Å²) >= 11 is 0. The fraction of sp³-hybridized carbons (Fsp3) is 0.0870. The molecule has 4 rings (SSSR count). The van der Waals surface area contributed by atoms with Gasteiger partial charge in [-0.05, 0) is 41.8 Å². The molecular formula is C23H19P. The Morgan fingerprint density at radius 2 is 1.21 bits per heavy atom. The van der Waals surface area contributed by atoms with E-state index in [0.29, 0.717) is 0 Å². The van der Waals surface area contributed by atoms with Crippen molar-refractivity contribution in [2.45, 2.75) is 13.8 Å². The van der Waals surface area contributed by atoms with Gasteiger partial charge in [0.1, 0.15) is 0 Å². The van der Waals surface area contributed by atoms with E-state index in [2.05, 4.69) is 92.7 Å². The molecule has 0 bridgehead atoms. The summed E-state index contributed by atoms with van der Waals surface area (Å²) in [6.45, 7) is 4.27. The summed E-state index contributed by atoms with van der Waals surface area (Å²) in [6.07, 6.45) is 0. The predicted molar refractivity (Wildman–Crippen MR) is 107 cm³/mol. The van der Waals surface area contributed by atoms with Crippen molar-refractivity contribution in [2.24, 2.45) is 0 Å². The van der Waals surface area contributed by atoms with E-state index in [-0.39, 0.29) is 0 Å². The van der Waals surface area contributed by atoms with Gasteiger partial charge in [0.05, 0.1) is 0 Å². The zero-order valence-corrected chi connectivity index (χ0v) is 14.8. The summed E-state index contributed by atoms with van der Waals surface area (Å²) in [5.74, 6) is 0. The number of aryl methyl sites for hydroxylation is 2. The van der Waals surface area contributed by atoms with Crippen LogP contribution in [0.4, 0.5) is 0 Å². The van der Waals surface area contributed by atoms with Crippen molar-refractivity contribution in [2.75, 3.05) is 0 Å². The van der Waals surface area contributed by atoms with Crippen LogP contribution in [0.3, 0.4) is 0 Å². The van der Waals surface area contributed by atoms with Crippen LogP contribution in [0.15, 0.2) is 78.9 Å². The van der Waals surface area contributed by atoms with Gasteiger partial charge in [0.15, 0.2) is 0 Å². The minimum absolute atomic E-state index is 1.27. The summed E-state index contributed by atoms with van der Waals surface area (Å²) in [5, 5.41) is 5.41. The lowest BCUT2D eigenvalue weighted by atomic mass is 10.0. The van der Waals surface area contributed by atoms with E-state index in [1.54, 1.807) is 0 Å². The molecular weight excluding hydrogens is 307 g/mol. The van der Waals surface area contributed by atoms with Gasteiger partial charge in [0.25, 0.3) is 0 Å². The second kappa shape index (κ2) is 6.23. The summed E-state index contributed by atoms with van der Waals surface area (Å²) < 4.78 is 0. The summed E-state index contributed by atoms with van der Waals surface area (Å²) in [6, 6.07) is 28.8. The van der Waals surface area contributed by atoms with E-state index < -0.39 is 0 Å². The van der Waals surface area contributed by atoms with E-state index in [1.165, 1.54) is 51.8 Å². The fourth-order valence-electron chi connectivity index (χ4n) is 3.00. The highest BCUT2D eigenvalue weighted by Gasteiger charge is 2.08. The zero-order valence-electron chi connectivity index (χ0n) is 14.0. The van der Waals surface area contributed by atoms with Crippen LogP contribution in [-0.2, 0) is 0 Å². The van der Waals surface area contributed by atoms with Crippen LogP contribution in [-0.4, -0.2) is 0 Å². The van der Waals surface area contributed by atoms with Crippen LogP contribution in [0.5, 0.6) is 0 Å². The molecule has 0 atom stereocenters. The number of hydrogen-bond acceptors (Lipinski definition) is 0. The predicted octanol–water partition coefficient (Wildman–Crippen LogP) is 7.37. The zero-order chi connectivity index (χ0) is 16.5. The van der Waals surface area contributed by atoms with Crippen LogP contribution in [0.1, 0.15) is 11.1 Å². The number of benzene rings is 3. The normalized spacial score (nSPS) is 11.2. The van der Waals surface area contributed by atoms with Gasteiger partial charge in [-0.15, -0.1) is 0 Å². The molecule has 0 nitrogen and oxygen atoms in total.